The summed E-state index contributed by atoms with van der Waals surface area (Å²) in [5.74, 6) is 1.32. The van der Waals surface area contributed by atoms with Crippen LogP contribution in [0.5, 0.6) is 0 Å². The Balaban J connectivity index is 1.55. The van der Waals surface area contributed by atoms with Crippen molar-refractivity contribution in [3.05, 3.63) is 123 Å². The number of ether oxygens (including phenoxy) is 1. The van der Waals surface area contributed by atoms with Gasteiger partial charge < -0.3 is 4.74 Å². The predicted octanol–water partition coefficient (Wildman–Crippen LogP) is 11.6. The van der Waals surface area contributed by atoms with Gasteiger partial charge >= 0.3 is 0 Å². The predicted molar refractivity (Wildman–Crippen MR) is 235 cm³/mol. The molecule has 0 unspecified atom stereocenters. The molecule has 0 saturated heterocycles. The molecular weight excluding hydrogens is 674 g/mol. The first-order chi connectivity index (χ1) is 25.1. The monoisotopic (exact) mass is 739 g/mol. The van der Waals surface area contributed by atoms with E-state index in [4.69, 9.17) is 9.73 Å². The number of hydrogen-bond donors (Lipinski definition) is 0. The fourth-order valence-corrected chi connectivity index (χ4v) is 11.8. The molecule has 0 N–H and O–H groups in total. The molecule has 0 bridgehead atoms. The lowest BCUT2D eigenvalue weighted by Gasteiger charge is -2.35. The minimum Gasteiger partial charge on any atom is -0.475 e. The molecule has 0 fully saturated rings. The second-order valence-electron chi connectivity index (χ2n) is 21.2. The zero-order valence-corrected chi connectivity index (χ0v) is 36.8. The van der Waals surface area contributed by atoms with Crippen LogP contribution < -0.4 is 15.9 Å². The van der Waals surface area contributed by atoms with Crippen molar-refractivity contribution in [1.82, 2.24) is 0 Å². The number of benzene rings is 4. The van der Waals surface area contributed by atoms with Crippen molar-refractivity contribution in [2.24, 2.45) is 10.9 Å². The summed E-state index contributed by atoms with van der Waals surface area (Å²) >= 11 is 0. The summed E-state index contributed by atoms with van der Waals surface area (Å²) in [7, 11) is -0.931. The Hall–Kier alpha value is -3.22. The standard InChI is InChI=1S/C51H66NOP/c1-32(2)42-31-53-46(52-42)41-19-15-17-33-21-23-51(44(33)41)24-22-34-18-16-20-43(45(34)51)54(39-27-35(47(3,4)5)25-36(28-39)48(6,7)8)40-29-37(49(9,10)11)26-38(30-40)50(12,13)14/h15-20,25-30,32,42H,21-24,31H2,1-14H3/t42-,51+/m1/s1. The van der Waals surface area contributed by atoms with Crippen LogP contribution in [-0.4, -0.2) is 18.5 Å². The maximum Gasteiger partial charge on any atom is 0.216 e. The molecule has 2 atom stereocenters. The van der Waals surface area contributed by atoms with Gasteiger partial charge in [-0.3, -0.25) is 0 Å². The van der Waals surface area contributed by atoms with Gasteiger partial charge in [0.1, 0.15) is 6.61 Å². The van der Waals surface area contributed by atoms with Gasteiger partial charge in [-0.2, -0.15) is 0 Å². The highest BCUT2D eigenvalue weighted by Crippen LogP contribution is 2.55. The lowest BCUT2D eigenvalue weighted by atomic mass is 9.74. The van der Waals surface area contributed by atoms with Crippen molar-refractivity contribution in [2.45, 2.75) is 156 Å². The largest absolute Gasteiger partial charge is 0.475 e. The molecule has 0 radical (unpaired) electrons. The molecule has 1 spiro atoms. The first kappa shape index (κ1) is 39.0. The Morgan fingerprint density at radius 3 is 1.48 bits per heavy atom. The van der Waals surface area contributed by atoms with Gasteiger partial charge in [-0.15, -0.1) is 0 Å². The van der Waals surface area contributed by atoms with Crippen molar-refractivity contribution in [2.75, 3.05) is 6.61 Å². The number of hydrogen-bond acceptors (Lipinski definition) is 2. The molecule has 0 amide bonds. The number of aliphatic imine (C=N–C) groups is 1. The number of rotatable bonds is 5. The van der Waals surface area contributed by atoms with Crippen LogP contribution >= 0.6 is 7.92 Å². The Morgan fingerprint density at radius 1 is 0.611 bits per heavy atom. The minimum absolute atomic E-state index is 0.0237. The van der Waals surface area contributed by atoms with E-state index in [1.807, 2.05) is 0 Å². The normalized spacial score (nSPS) is 20.1. The maximum absolute atomic E-state index is 6.48. The third-order valence-corrected chi connectivity index (χ3v) is 15.0. The van der Waals surface area contributed by atoms with Gasteiger partial charge in [0, 0.05) is 11.0 Å². The molecule has 2 nitrogen and oxygen atoms in total. The van der Waals surface area contributed by atoms with Crippen molar-refractivity contribution in [1.29, 1.82) is 0 Å². The lowest BCUT2D eigenvalue weighted by Crippen LogP contribution is -2.34. The molecule has 3 heteroatoms. The topological polar surface area (TPSA) is 21.6 Å². The van der Waals surface area contributed by atoms with Gasteiger partial charge in [0.2, 0.25) is 5.90 Å². The molecule has 0 saturated carbocycles. The smallest absolute Gasteiger partial charge is 0.216 e. The number of aryl methyl sites for hydroxylation is 2. The molecule has 3 aliphatic rings. The summed E-state index contributed by atoms with van der Waals surface area (Å²) in [5, 5.41) is 4.48. The first-order valence-electron chi connectivity index (χ1n) is 20.7. The second-order valence-corrected chi connectivity index (χ2v) is 23.3. The van der Waals surface area contributed by atoms with Crippen LogP contribution in [-0.2, 0) is 44.7 Å². The van der Waals surface area contributed by atoms with Gasteiger partial charge in [-0.05, 0) is 128 Å². The molecule has 1 aliphatic heterocycles. The number of nitrogens with zero attached hydrogens (tertiary/aromatic N) is 1. The summed E-state index contributed by atoms with van der Waals surface area (Å²) in [6.45, 7) is 33.7. The summed E-state index contributed by atoms with van der Waals surface area (Å²) < 4.78 is 6.48. The molecule has 2 aliphatic carbocycles. The Bertz CT molecular complexity index is 1960. The Labute approximate surface area is 329 Å². The van der Waals surface area contributed by atoms with E-state index < -0.39 is 7.92 Å². The summed E-state index contributed by atoms with van der Waals surface area (Å²) in [4.78, 5) is 5.23. The van der Waals surface area contributed by atoms with Gasteiger partial charge in [-0.1, -0.05) is 164 Å². The van der Waals surface area contributed by atoms with Gasteiger partial charge in [0.15, 0.2) is 0 Å². The van der Waals surface area contributed by atoms with E-state index in [0.717, 1.165) is 31.6 Å². The van der Waals surface area contributed by atoms with E-state index in [9.17, 15) is 0 Å². The van der Waals surface area contributed by atoms with E-state index in [-0.39, 0.29) is 33.1 Å². The fraction of sp³-hybridized carbons (Fsp3) is 0.510. The molecular formula is C51H66NOP. The molecule has 7 rings (SSSR count). The lowest BCUT2D eigenvalue weighted by molar-refractivity contribution is 0.291. The van der Waals surface area contributed by atoms with Crippen molar-refractivity contribution in [3.8, 4) is 0 Å². The van der Waals surface area contributed by atoms with Crippen LogP contribution in [0.1, 0.15) is 160 Å². The maximum atomic E-state index is 6.48. The first-order valence-corrected chi connectivity index (χ1v) is 22.0. The van der Waals surface area contributed by atoms with Crippen molar-refractivity contribution >= 4 is 29.7 Å². The van der Waals surface area contributed by atoms with Gasteiger partial charge in [0.05, 0.1) is 6.04 Å². The zero-order chi connectivity index (χ0) is 39.2. The van der Waals surface area contributed by atoms with Crippen molar-refractivity contribution in [3.63, 3.8) is 0 Å². The van der Waals surface area contributed by atoms with Gasteiger partial charge in [-0.25, -0.2) is 4.99 Å². The molecule has 286 valence electrons. The Morgan fingerprint density at radius 2 is 1.06 bits per heavy atom. The van der Waals surface area contributed by atoms with Crippen LogP contribution in [0.3, 0.4) is 0 Å². The van der Waals surface area contributed by atoms with E-state index >= 15 is 0 Å². The quantitative estimate of drug-likeness (QED) is 0.187. The van der Waals surface area contributed by atoms with Crippen LogP contribution in [0.25, 0.3) is 0 Å². The highest BCUT2D eigenvalue weighted by molar-refractivity contribution is 7.80. The van der Waals surface area contributed by atoms with E-state index in [1.165, 1.54) is 60.4 Å². The van der Waals surface area contributed by atoms with E-state index in [2.05, 4.69) is 170 Å². The van der Waals surface area contributed by atoms with Crippen LogP contribution in [0.4, 0.5) is 0 Å². The molecule has 4 aromatic carbocycles. The van der Waals surface area contributed by atoms with E-state index in [0.29, 0.717) is 12.5 Å². The van der Waals surface area contributed by atoms with Gasteiger partial charge in [0.25, 0.3) is 0 Å². The third-order valence-electron chi connectivity index (χ3n) is 12.6. The Kier molecular flexibility index (Phi) is 9.74. The second kappa shape index (κ2) is 13.5. The molecule has 0 aromatic heterocycles. The fourth-order valence-electron chi connectivity index (χ4n) is 9.05. The van der Waals surface area contributed by atoms with E-state index in [1.54, 1.807) is 5.56 Å². The highest BCUT2D eigenvalue weighted by atomic mass is 31.1. The number of fused-ring (bicyclic) bond motifs is 4. The highest BCUT2D eigenvalue weighted by Gasteiger charge is 2.49. The van der Waals surface area contributed by atoms with Crippen LogP contribution in [0.2, 0.25) is 0 Å². The van der Waals surface area contributed by atoms with Crippen LogP contribution in [0, 0.1) is 5.92 Å². The third kappa shape index (κ3) is 7.04. The molecule has 4 aromatic rings. The SMILES string of the molecule is CC(C)[C@H]1COC(c2cccc3c2[C@]2(CC3)CCc3cccc(P(c4cc(C(C)(C)C)cc(C(C)(C)C)c4)c4cc(C(C)(C)C)cc(C(C)(C)C)c4)c32)=N1. The molecule has 1 heterocycles. The summed E-state index contributed by atoms with van der Waals surface area (Å²) in [6.07, 6.45) is 4.47. The zero-order valence-electron chi connectivity index (χ0n) is 35.9. The summed E-state index contributed by atoms with van der Waals surface area (Å²) in [6, 6.07) is 29.8. The van der Waals surface area contributed by atoms with Crippen molar-refractivity contribution < 1.29 is 4.74 Å². The average Bonchev–Trinajstić information content (AvgIpc) is 3.82. The van der Waals surface area contributed by atoms with Crippen LogP contribution in [0.15, 0.2) is 77.8 Å². The summed E-state index contributed by atoms with van der Waals surface area (Å²) in [5.41, 5.74) is 13.1. The average molecular weight is 740 g/mol. The molecule has 54 heavy (non-hydrogen) atoms. The minimum atomic E-state index is -0.931.